The Balaban J connectivity index is 1.30. The van der Waals surface area contributed by atoms with Gasteiger partial charge in [-0.3, -0.25) is 0 Å². The molecule has 2 heterocycles. The van der Waals surface area contributed by atoms with Crippen molar-refractivity contribution in [3.8, 4) is 17.2 Å². The number of thiazole rings is 1. The highest BCUT2D eigenvalue weighted by atomic mass is 32.1. The molecule has 1 atom stereocenters. The molecule has 0 aliphatic carbocycles. The van der Waals surface area contributed by atoms with Gasteiger partial charge in [0.25, 0.3) is 0 Å². The molecule has 3 aromatic rings. The van der Waals surface area contributed by atoms with E-state index in [1.807, 2.05) is 41.8 Å². The van der Waals surface area contributed by atoms with Gasteiger partial charge >= 0.3 is 5.97 Å². The van der Waals surface area contributed by atoms with Gasteiger partial charge in [-0.25, -0.2) is 9.78 Å². The van der Waals surface area contributed by atoms with Crippen LogP contribution in [0, 0.1) is 0 Å². The number of hydrogen-bond donors (Lipinski definition) is 1. The van der Waals surface area contributed by atoms with Crippen molar-refractivity contribution in [1.29, 1.82) is 0 Å². The van der Waals surface area contributed by atoms with E-state index in [4.69, 9.17) is 18.9 Å². The minimum Gasteiger partial charge on any atom is -0.497 e. The molecular formula is C20H18N2O5S. The van der Waals surface area contributed by atoms with Crippen LogP contribution in [-0.2, 0) is 16.1 Å². The van der Waals surface area contributed by atoms with Crippen molar-refractivity contribution in [1.82, 2.24) is 4.98 Å². The topological polar surface area (TPSA) is 78.9 Å². The van der Waals surface area contributed by atoms with E-state index >= 15 is 0 Å². The number of fused-ring (bicyclic) bond motifs is 1. The standard InChI is InChI=1S/C20H18N2O5S/c1-24-15-8-6-13(7-9-15)21-20-22-14(12-28-20)10-26-19(23)18-11-25-16-4-2-3-5-17(16)27-18/h2-9,12,18H,10-11H2,1H3,(H,21,22)/t18-/m0/s1. The summed E-state index contributed by atoms with van der Waals surface area (Å²) in [5, 5.41) is 5.75. The molecule has 0 bridgehead atoms. The van der Waals surface area contributed by atoms with Crippen molar-refractivity contribution in [2.75, 3.05) is 19.0 Å². The summed E-state index contributed by atoms with van der Waals surface area (Å²) < 4.78 is 21.7. The summed E-state index contributed by atoms with van der Waals surface area (Å²) >= 11 is 1.43. The Hall–Kier alpha value is -3.26. The molecule has 0 spiro atoms. The molecule has 0 fully saturated rings. The van der Waals surface area contributed by atoms with Crippen LogP contribution in [0.3, 0.4) is 0 Å². The Labute approximate surface area is 165 Å². The molecule has 0 radical (unpaired) electrons. The number of rotatable bonds is 6. The summed E-state index contributed by atoms with van der Waals surface area (Å²) in [5.74, 6) is 1.47. The van der Waals surface area contributed by atoms with Gasteiger partial charge in [0.05, 0.1) is 12.8 Å². The van der Waals surface area contributed by atoms with Crippen LogP contribution in [0.5, 0.6) is 17.2 Å². The second kappa shape index (κ2) is 8.18. The smallest absolute Gasteiger partial charge is 0.351 e. The number of nitrogens with one attached hydrogen (secondary N) is 1. The minimum absolute atomic E-state index is 0.0706. The molecule has 1 aliphatic heterocycles. The van der Waals surface area contributed by atoms with E-state index in [-0.39, 0.29) is 13.2 Å². The number of nitrogens with zero attached hydrogens (tertiary/aromatic N) is 1. The Morgan fingerprint density at radius 1 is 1.21 bits per heavy atom. The summed E-state index contributed by atoms with van der Waals surface area (Å²) in [4.78, 5) is 16.7. The summed E-state index contributed by atoms with van der Waals surface area (Å²) in [6.07, 6.45) is -0.787. The predicted octanol–water partition coefficient (Wildman–Crippen LogP) is 3.78. The number of esters is 1. The van der Waals surface area contributed by atoms with Crippen LogP contribution in [0.4, 0.5) is 10.8 Å². The van der Waals surface area contributed by atoms with Crippen LogP contribution >= 0.6 is 11.3 Å². The Morgan fingerprint density at radius 3 is 2.79 bits per heavy atom. The fourth-order valence-electron chi connectivity index (χ4n) is 2.60. The highest BCUT2D eigenvalue weighted by Gasteiger charge is 2.28. The van der Waals surface area contributed by atoms with Crippen LogP contribution in [0.1, 0.15) is 5.69 Å². The van der Waals surface area contributed by atoms with Gasteiger partial charge in [0.2, 0.25) is 6.10 Å². The van der Waals surface area contributed by atoms with Gasteiger partial charge in [-0.1, -0.05) is 12.1 Å². The molecule has 1 N–H and O–H groups in total. The lowest BCUT2D eigenvalue weighted by Crippen LogP contribution is -2.37. The fourth-order valence-corrected chi connectivity index (χ4v) is 3.32. The molecule has 8 heteroatoms. The highest BCUT2D eigenvalue weighted by molar-refractivity contribution is 7.13. The van der Waals surface area contributed by atoms with Crippen LogP contribution in [0.25, 0.3) is 0 Å². The van der Waals surface area contributed by atoms with Crippen LogP contribution in [0.2, 0.25) is 0 Å². The van der Waals surface area contributed by atoms with Gasteiger partial charge in [-0.05, 0) is 36.4 Å². The predicted molar refractivity (Wildman–Crippen MR) is 105 cm³/mol. The normalized spacial score (nSPS) is 15.0. The van der Waals surface area contributed by atoms with E-state index in [0.717, 1.165) is 11.4 Å². The van der Waals surface area contributed by atoms with Crippen molar-refractivity contribution < 1.29 is 23.7 Å². The maximum atomic E-state index is 12.3. The monoisotopic (exact) mass is 398 g/mol. The van der Waals surface area contributed by atoms with Crippen LogP contribution in [0.15, 0.2) is 53.9 Å². The zero-order chi connectivity index (χ0) is 19.3. The maximum Gasteiger partial charge on any atom is 0.351 e. The number of carbonyl (C=O) groups is 1. The van der Waals surface area contributed by atoms with Gasteiger partial charge in [0.15, 0.2) is 16.6 Å². The number of para-hydroxylation sites is 2. The molecule has 0 saturated heterocycles. The number of anilines is 2. The van der Waals surface area contributed by atoms with Crippen molar-refractivity contribution in [3.05, 3.63) is 59.6 Å². The first-order chi connectivity index (χ1) is 13.7. The van der Waals surface area contributed by atoms with E-state index in [1.54, 1.807) is 19.2 Å². The maximum absolute atomic E-state index is 12.3. The average molecular weight is 398 g/mol. The Bertz CT molecular complexity index is 957. The minimum atomic E-state index is -0.787. The lowest BCUT2D eigenvalue weighted by molar-refractivity contribution is -0.156. The summed E-state index contributed by atoms with van der Waals surface area (Å²) in [6, 6.07) is 14.8. The van der Waals surface area contributed by atoms with Gasteiger partial charge in [-0.2, -0.15) is 0 Å². The van der Waals surface area contributed by atoms with Crippen molar-refractivity contribution in [2.24, 2.45) is 0 Å². The van der Waals surface area contributed by atoms with E-state index in [1.165, 1.54) is 11.3 Å². The molecule has 0 unspecified atom stereocenters. The molecule has 7 nitrogen and oxygen atoms in total. The van der Waals surface area contributed by atoms with E-state index < -0.39 is 12.1 Å². The van der Waals surface area contributed by atoms with Crippen molar-refractivity contribution in [2.45, 2.75) is 12.7 Å². The first kappa shape index (κ1) is 18.1. The first-order valence-electron chi connectivity index (χ1n) is 8.62. The number of methoxy groups -OCH3 is 1. The second-order valence-electron chi connectivity index (χ2n) is 5.97. The number of benzene rings is 2. The molecule has 1 aliphatic rings. The number of hydrogen-bond acceptors (Lipinski definition) is 8. The van der Waals surface area contributed by atoms with Gasteiger partial charge in [0, 0.05) is 11.1 Å². The van der Waals surface area contributed by atoms with Crippen molar-refractivity contribution in [3.63, 3.8) is 0 Å². The Morgan fingerprint density at radius 2 is 2.00 bits per heavy atom. The third kappa shape index (κ3) is 4.17. The molecule has 2 aromatic carbocycles. The molecule has 28 heavy (non-hydrogen) atoms. The molecule has 0 saturated carbocycles. The number of ether oxygens (including phenoxy) is 4. The average Bonchev–Trinajstić information content (AvgIpc) is 3.19. The van der Waals surface area contributed by atoms with Crippen molar-refractivity contribution >= 4 is 28.1 Å². The van der Waals surface area contributed by atoms with Gasteiger partial charge < -0.3 is 24.3 Å². The largest absolute Gasteiger partial charge is 0.497 e. The number of carbonyl (C=O) groups excluding carboxylic acids is 1. The molecule has 1 aromatic heterocycles. The lowest BCUT2D eigenvalue weighted by atomic mass is 10.2. The van der Waals surface area contributed by atoms with E-state index in [9.17, 15) is 4.79 Å². The molecule has 4 rings (SSSR count). The molecular weight excluding hydrogens is 380 g/mol. The second-order valence-corrected chi connectivity index (χ2v) is 6.83. The van der Waals surface area contributed by atoms with Gasteiger partial charge in [-0.15, -0.1) is 11.3 Å². The molecule has 144 valence electrons. The number of aromatic nitrogens is 1. The van der Waals surface area contributed by atoms with Gasteiger partial charge in [0.1, 0.15) is 19.0 Å². The van der Waals surface area contributed by atoms with Crippen LogP contribution < -0.4 is 19.5 Å². The molecule has 0 amide bonds. The summed E-state index contributed by atoms with van der Waals surface area (Å²) in [6.45, 7) is 0.193. The SMILES string of the molecule is COc1ccc(Nc2nc(COC(=O)[C@@H]3COc4ccccc4O3)cs2)cc1. The zero-order valence-electron chi connectivity index (χ0n) is 15.1. The third-order valence-corrected chi connectivity index (χ3v) is 4.83. The Kier molecular flexibility index (Phi) is 5.29. The zero-order valence-corrected chi connectivity index (χ0v) is 15.9. The summed E-state index contributed by atoms with van der Waals surface area (Å²) in [5.41, 5.74) is 1.55. The highest BCUT2D eigenvalue weighted by Crippen LogP contribution is 2.31. The summed E-state index contributed by atoms with van der Waals surface area (Å²) in [7, 11) is 1.63. The fraction of sp³-hybridized carbons (Fsp3) is 0.200. The van der Waals surface area contributed by atoms with Crippen LogP contribution in [-0.4, -0.2) is 30.8 Å². The lowest BCUT2D eigenvalue weighted by Gasteiger charge is -2.24. The third-order valence-electron chi connectivity index (χ3n) is 4.03. The van der Waals surface area contributed by atoms with E-state index in [2.05, 4.69) is 10.3 Å². The van der Waals surface area contributed by atoms with E-state index in [0.29, 0.717) is 22.3 Å². The quantitative estimate of drug-likeness (QED) is 0.633. The first-order valence-corrected chi connectivity index (χ1v) is 9.50.